The Balaban J connectivity index is 1.56. The van der Waals surface area contributed by atoms with Crippen molar-refractivity contribution in [1.29, 1.82) is 0 Å². The minimum Gasteiger partial charge on any atom is -0.383 e. The number of fused-ring (bicyclic) bond motifs is 1. The lowest BCUT2D eigenvalue weighted by atomic mass is 10.1. The van der Waals surface area contributed by atoms with E-state index in [4.69, 9.17) is 36.3 Å². The average molecular weight is 521 g/mol. The van der Waals surface area contributed by atoms with E-state index in [0.29, 0.717) is 0 Å². The highest BCUT2D eigenvalue weighted by molar-refractivity contribution is 8.11. The molecule has 0 spiro atoms. The molecule has 31 heavy (non-hydrogen) atoms. The van der Waals surface area contributed by atoms with Crippen molar-refractivity contribution in [2.45, 2.75) is 44.2 Å². The molecule has 19 heteroatoms. The summed E-state index contributed by atoms with van der Waals surface area (Å²) in [5.74, 6) is -1.01. The second-order valence-electron chi connectivity index (χ2n) is 7.10. The molecule has 0 bridgehead atoms. The van der Waals surface area contributed by atoms with Gasteiger partial charge in [-0.1, -0.05) is 0 Å². The molecule has 0 radical (unpaired) electrons. The Kier molecular flexibility index (Phi) is 5.89. The number of phosphoric acid groups is 2. The number of nitrogens with zero attached hydrogens (tertiary/aromatic N) is 2. The maximum Gasteiger partial charge on any atom is 0.488 e. The second kappa shape index (κ2) is 7.74. The number of hydrogen-bond donors (Lipinski definition) is 3. The molecular formula is C12H18N3O12P3S. The number of rotatable bonds is 4. The molecule has 15 nitrogen and oxygen atoms in total. The van der Waals surface area contributed by atoms with Crippen molar-refractivity contribution in [3.8, 4) is 0 Å². The van der Waals surface area contributed by atoms with E-state index < -0.39 is 65.0 Å². The van der Waals surface area contributed by atoms with Crippen LogP contribution in [0.2, 0.25) is 0 Å². The topological polar surface area (TPSA) is 200 Å². The molecule has 1 aromatic rings. The van der Waals surface area contributed by atoms with Crippen LogP contribution in [0.4, 0.5) is 5.82 Å². The third-order valence-corrected chi connectivity index (χ3v) is 11.1. The largest absolute Gasteiger partial charge is 0.488 e. The summed E-state index contributed by atoms with van der Waals surface area (Å²) in [7, 11) is -9.97. The summed E-state index contributed by atoms with van der Waals surface area (Å²) in [5.41, 5.74) is 4.83. The third-order valence-electron chi connectivity index (χ3n) is 4.26. The fraction of sp³-hybridized carbons (Fsp3) is 0.667. The van der Waals surface area contributed by atoms with E-state index >= 15 is 0 Å². The zero-order valence-corrected chi connectivity index (χ0v) is 19.4. The first-order valence-corrected chi connectivity index (χ1v) is 14.1. The lowest BCUT2D eigenvalue weighted by molar-refractivity contribution is -0.200. The molecule has 0 aromatic carbocycles. The van der Waals surface area contributed by atoms with Gasteiger partial charge in [0.25, 0.3) is 0 Å². The summed E-state index contributed by atoms with van der Waals surface area (Å²) in [4.78, 5) is 34.8. The highest BCUT2D eigenvalue weighted by atomic mass is 32.5. The van der Waals surface area contributed by atoms with Gasteiger partial charge in [-0.2, -0.15) is 9.29 Å². The minimum absolute atomic E-state index is 0.0214. The van der Waals surface area contributed by atoms with Gasteiger partial charge in [0.05, 0.1) is 6.61 Å². The lowest BCUT2D eigenvalue weighted by Crippen LogP contribution is -2.35. The van der Waals surface area contributed by atoms with Crippen LogP contribution in [0.15, 0.2) is 17.1 Å². The van der Waals surface area contributed by atoms with Gasteiger partial charge >= 0.3 is 28.1 Å². The van der Waals surface area contributed by atoms with Crippen LogP contribution in [-0.4, -0.2) is 50.0 Å². The van der Waals surface area contributed by atoms with Gasteiger partial charge in [-0.3, -0.25) is 4.57 Å². The number of hydrogen-bond acceptors (Lipinski definition) is 13. The van der Waals surface area contributed by atoms with Gasteiger partial charge < -0.3 is 34.3 Å². The monoisotopic (exact) mass is 521 g/mol. The Bertz CT molecular complexity index is 1070. The summed E-state index contributed by atoms with van der Waals surface area (Å²) in [6.45, 7) is -1.32. The fourth-order valence-electron chi connectivity index (χ4n) is 3.28. The van der Waals surface area contributed by atoms with Crippen molar-refractivity contribution in [2.24, 2.45) is 0 Å². The molecule has 0 saturated carbocycles. The Morgan fingerprint density at radius 3 is 2.45 bits per heavy atom. The molecular weight excluding hydrogens is 503 g/mol. The highest BCUT2D eigenvalue weighted by Crippen LogP contribution is 2.80. The summed E-state index contributed by atoms with van der Waals surface area (Å²) >= 11 is 4.90. The highest BCUT2D eigenvalue weighted by Gasteiger charge is 2.57. The van der Waals surface area contributed by atoms with Crippen molar-refractivity contribution >= 4 is 40.0 Å². The Hall–Kier alpha value is -0.570. The molecule has 3 aliphatic heterocycles. The van der Waals surface area contributed by atoms with Crippen molar-refractivity contribution in [2.75, 3.05) is 12.3 Å². The number of nitrogens with two attached hydrogens (primary N) is 1. The van der Waals surface area contributed by atoms with E-state index in [9.17, 15) is 23.7 Å². The molecule has 0 amide bonds. The van der Waals surface area contributed by atoms with Gasteiger partial charge in [0.2, 0.25) is 0 Å². The maximum atomic E-state index is 12.3. The first kappa shape index (κ1) is 23.6. The molecule has 1 aromatic heterocycles. The van der Waals surface area contributed by atoms with Gasteiger partial charge in [-0.15, -0.1) is 0 Å². The van der Waals surface area contributed by atoms with E-state index in [1.807, 2.05) is 0 Å². The van der Waals surface area contributed by atoms with E-state index in [1.54, 1.807) is 13.8 Å². The van der Waals surface area contributed by atoms with Gasteiger partial charge in [0.15, 0.2) is 12.0 Å². The molecule has 4 heterocycles. The molecule has 6 atom stereocenters. The Labute approximate surface area is 179 Å². The van der Waals surface area contributed by atoms with E-state index in [2.05, 4.69) is 17.9 Å². The van der Waals surface area contributed by atoms with Gasteiger partial charge in [-0.05, 0) is 31.7 Å². The van der Waals surface area contributed by atoms with Crippen LogP contribution in [0.1, 0.15) is 20.1 Å². The van der Waals surface area contributed by atoms with E-state index in [0.717, 1.165) is 4.57 Å². The molecule has 4 rings (SSSR count). The molecule has 3 saturated heterocycles. The quantitative estimate of drug-likeness (QED) is 0.468. The number of anilines is 1. The van der Waals surface area contributed by atoms with E-state index in [-0.39, 0.29) is 5.82 Å². The van der Waals surface area contributed by atoms with Crippen molar-refractivity contribution in [3.63, 3.8) is 0 Å². The first-order chi connectivity index (χ1) is 14.2. The van der Waals surface area contributed by atoms with Crippen LogP contribution < -0.4 is 11.4 Å². The Morgan fingerprint density at radius 1 is 1.23 bits per heavy atom. The van der Waals surface area contributed by atoms with Crippen LogP contribution in [0, 0.1) is 0 Å². The molecule has 4 N–H and O–H groups in total. The minimum atomic E-state index is -4.99. The Morgan fingerprint density at radius 2 is 1.84 bits per heavy atom. The summed E-state index contributed by atoms with van der Waals surface area (Å²) in [6.07, 6.45) is -2.08. The third kappa shape index (κ3) is 5.02. The molecule has 0 aliphatic carbocycles. The van der Waals surface area contributed by atoms with E-state index in [1.165, 1.54) is 12.3 Å². The summed E-state index contributed by atoms with van der Waals surface area (Å²) in [5, 5.41) is 0. The summed E-state index contributed by atoms with van der Waals surface area (Å²) < 4.78 is 60.4. The van der Waals surface area contributed by atoms with Crippen molar-refractivity contribution in [1.82, 2.24) is 9.55 Å². The predicted molar refractivity (Wildman–Crippen MR) is 104 cm³/mol. The standard InChI is InChI=1S/C12H18N3O12P3S/c1-12(2)23-8-6(5-21-30(31)26-28(17,18)25-29(19,20)27-30)22-10(9(8)24-12)15-4-3-7(13)14-11(15)16/h3-4,6,8-10H,5H2,1-2H3,(H,17,18)(H,19,20)(H2,13,14,16)/t6-,8-,9-,10-/m1/s1. The lowest BCUT2D eigenvalue weighted by Gasteiger charge is -2.31. The van der Waals surface area contributed by atoms with Crippen LogP contribution in [0.5, 0.6) is 0 Å². The summed E-state index contributed by atoms with van der Waals surface area (Å²) in [6, 6.07) is 1.40. The van der Waals surface area contributed by atoms with Crippen LogP contribution >= 0.6 is 22.4 Å². The second-order valence-corrected chi connectivity index (χ2v) is 13.4. The molecule has 3 aliphatic rings. The normalized spacial score (nSPS) is 44.3. The van der Waals surface area contributed by atoms with Crippen LogP contribution in [-0.2, 0) is 52.6 Å². The molecule has 174 valence electrons. The maximum absolute atomic E-state index is 12.3. The molecule has 3 fully saturated rings. The SMILES string of the molecule is CC1(C)O[C@@H]2[C@H](O1)[C@@H](COP1(=S)OP(=O)(O)OP(=O)(O)O1)O[C@H]2n1ccc(N)nc1=O. The van der Waals surface area contributed by atoms with Crippen LogP contribution in [0.3, 0.4) is 0 Å². The zero-order valence-electron chi connectivity index (χ0n) is 15.9. The zero-order chi connectivity index (χ0) is 22.8. The van der Waals surface area contributed by atoms with Crippen molar-refractivity contribution in [3.05, 3.63) is 22.7 Å². The van der Waals surface area contributed by atoms with Crippen LogP contribution in [0.25, 0.3) is 0 Å². The number of aromatic nitrogens is 2. The smallest absolute Gasteiger partial charge is 0.383 e. The van der Waals surface area contributed by atoms with Gasteiger partial charge in [0.1, 0.15) is 24.1 Å². The number of ether oxygens (including phenoxy) is 3. The average Bonchev–Trinajstić information content (AvgIpc) is 3.03. The van der Waals surface area contributed by atoms with Crippen molar-refractivity contribution < 1.29 is 50.6 Å². The fourth-order valence-corrected chi connectivity index (χ4v) is 9.91. The van der Waals surface area contributed by atoms with Gasteiger partial charge in [0, 0.05) is 6.20 Å². The predicted octanol–water partition coefficient (Wildman–Crippen LogP) is 0.748. The molecule has 2 unspecified atom stereocenters. The van der Waals surface area contributed by atoms with Gasteiger partial charge in [-0.25, -0.2) is 22.5 Å². The number of nitrogen functional groups attached to an aromatic ring is 1. The first-order valence-electron chi connectivity index (χ1n) is 8.58.